The van der Waals surface area contributed by atoms with Gasteiger partial charge in [-0.2, -0.15) is 10.5 Å². The Morgan fingerprint density at radius 2 is 1.33 bits per heavy atom. The van der Waals surface area contributed by atoms with Crippen LogP contribution in [0.3, 0.4) is 0 Å². The fourth-order valence-electron chi connectivity index (χ4n) is 1.12. The van der Waals surface area contributed by atoms with E-state index in [2.05, 4.69) is 31.3 Å². The summed E-state index contributed by atoms with van der Waals surface area (Å²) in [6.07, 6.45) is 3.64. The van der Waals surface area contributed by atoms with Gasteiger partial charge in [0.05, 0.1) is 0 Å². The lowest BCUT2D eigenvalue weighted by Gasteiger charge is -2.07. The number of guanidine groups is 2. The third-order valence-electron chi connectivity index (χ3n) is 2.04. The van der Waals surface area contributed by atoms with Crippen LogP contribution in [0.5, 0.6) is 0 Å². The van der Waals surface area contributed by atoms with Crippen molar-refractivity contribution in [3.8, 4) is 12.4 Å². The molecule has 0 aromatic heterocycles. The molecule has 0 radical (unpaired) electrons. The zero-order valence-corrected chi connectivity index (χ0v) is 13.8. The molecule has 0 saturated heterocycles. The quantitative estimate of drug-likeness (QED) is 0.120. The van der Waals surface area contributed by atoms with Crippen LogP contribution in [0.15, 0.2) is 9.98 Å². The largest absolute Gasteiger partial charge is 0.355 e. The van der Waals surface area contributed by atoms with Crippen molar-refractivity contribution in [2.45, 2.75) is 0 Å². The first-order valence-electron chi connectivity index (χ1n) is 6.15. The maximum Gasteiger partial charge on any atom is 0.204 e. The van der Waals surface area contributed by atoms with Crippen LogP contribution in [0.25, 0.3) is 0 Å². The molecule has 10 heteroatoms. The van der Waals surface area contributed by atoms with Crippen LogP contribution < -0.4 is 21.3 Å². The fraction of sp³-hybridized carbons (Fsp3) is 0.636. The first-order valence-corrected chi connectivity index (χ1v) is 8.46. The van der Waals surface area contributed by atoms with Crippen molar-refractivity contribution in [3.05, 3.63) is 0 Å². The van der Waals surface area contributed by atoms with Crippen molar-refractivity contribution in [2.24, 2.45) is 9.98 Å². The molecule has 0 aliphatic rings. The summed E-state index contributed by atoms with van der Waals surface area (Å²) in [5.41, 5.74) is 0. The average molecular weight is 328 g/mol. The molecule has 0 rings (SSSR count). The summed E-state index contributed by atoms with van der Waals surface area (Å²) < 4.78 is 0. The van der Waals surface area contributed by atoms with Gasteiger partial charge in [-0.15, -0.1) is 23.5 Å². The van der Waals surface area contributed by atoms with Gasteiger partial charge in [-0.25, -0.2) is 0 Å². The summed E-state index contributed by atoms with van der Waals surface area (Å²) in [5, 5.41) is 28.9. The zero-order chi connectivity index (χ0) is 15.8. The van der Waals surface area contributed by atoms with Crippen LogP contribution in [-0.2, 0) is 0 Å². The van der Waals surface area contributed by atoms with E-state index in [4.69, 9.17) is 10.5 Å². The van der Waals surface area contributed by atoms with E-state index in [1.807, 2.05) is 35.9 Å². The van der Waals surface area contributed by atoms with Gasteiger partial charge in [0.25, 0.3) is 0 Å². The number of rotatable bonds is 8. The van der Waals surface area contributed by atoms with Gasteiger partial charge >= 0.3 is 0 Å². The number of aliphatic imine (C=N–C) groups is 2. The van der Waals surface area contributed by atoms with E-state index < -0.39 is 0 Å². The molecule has 0 bridgehead atoms. The van der Waals surface area contributed by atoms with E-state index in [0.29, 0.717) is 11.9 Å². The minimum absolute atomic E-state index is 0.492. The van der Waals surface area contributed by atoms with Crippen LogP contribution in [0, 0.1) is 22.9 Å². The van der Waals surface area contributed by atoms with Gasteiger partial charge in [0.1, 0.15) is 0 Å². The number of nitrogens with one attached hydrogen (secondary N) is 4. The maximum atomic E-state index is 8.45. The second-order valence-electron chi connectivity index (χ2n) is 3.41. The van der Waals surface area contributed by atoms with Crippen molar-refractivity contribution < 1.29 is 0 Å². The standard InChI is InChI=1S/C11H20N8S2/c1-14-10(18-7-12)16-3-5-20-9-21-6-4-17-11(15-2)19-8-13/h3-6,9H2,1-2H3,(H2,14,16,18)(H2,15,17,19). The SMILES string of the molecule is CN=C(NC#N)NCCSCSCCNC(=NC)NC#N. The van der Waals surface area contributed by atoms with Gasteiger partial charge in [-0.1, -0.05) is 0 Å². The van der Waals surface area contributed by atoms with Gasteiger partial charge in [0.2, 0.25) is 11.9 Å². The highest BCUT2D eigenvalue weighted by Gasteiger charge is 1.97. The van der Waals surface area contributed by atoms with Crippen molar-refractivity contribution >= 4 is 35.4 Å². The Balaban J connectivity index is 3.42. The molecule has 0 aliphatic heterocycles. The van der Waals surface area contributed by atoms with Gasteiger partial charge in [-0.05, 0) is 0 Å². The van der Waals surface area contributed by atoms with Gasteiger partial charge in [-0.3, -0.25) is 20.6 Å². The van der Waals surface area contributed by atoms with E-state index in [0.717, 1.165) is 29.7 Å². The predicted octanol–water partition coefficient (Wildman–Crippen LogP) is -0.298. The van der Waals surface area contributed by atoms with Crippen molar-refractivity contribution in [1.29, 1.82) is 10.5 Å². The molecule has 0 heterocycles. The molecular weight excluding hydrogens is 308 g/mol. The molecule has 0 amide bonds. The van der Waals surface area contributed by atoms with Gasteiger partial charge in [0, 0.05) is 43.8 Å². The Labute approximate surface area is 133 Å². The first-order chi connectivity index (χ1) is 10.3. The molecule has 0 aromatic carbocycles. The normalized spacial score (nSPS) is 11.2. The molecule has 0 aromatic rings. The van der Waals surface area contributed by atoms with Crippen LogP contribution in [0.4, 0.5) is 0 Å². The monoisotopic (exact) mass is 328 g/mol. The smallest absolute Gasteiger partial charge is 0.204 e. The number of nitriles is 2. The summed E-state index contributed by atoms with van der Waals surface area (Å²) >= 11 is 3.61. The second kappa shape index (κ2) is 14.6. The highest BCUT2D eigenvalue weighted by atomic mass is 32.2. The molecule has 116 valence electrons. The molecule has 0 fully saturated rings. The third-order valence-corrected chi connectivity index (χ3v) is 4.36. The molecule has 0 saturated carbocycles. The Morgan fingerprint density at radius 3 is 1.67 bits per heavy atom. The number of thioether (sulfide) groups is 2. The average Bonchev–Trinajstić information content (AvgIpc) is 2.50. The van der Waals surface area contributed by atoms with E-state index in [1.54, 1.807) is 14.1 Å². The summed E-state index contributed by atoms with van der Waals surface area (Å²) in [7, 11) is 3.25. The summed E-state index contributed by atoms with van der Waals surface area (Å²) in [4.78, 5) is 7.77. The van der Waals surface area contributed by atoms with E-state index in [1.165, 1.54) is 0 Å². The van der Waals surface area contributed by atoms with E-state index in [-0.39, 0.29) is 0 Å². The van der Waals surface area contributed by atoms with E-state index >= 15 is 0 Å². The fourth-order valence-corrected chi connectivity index (χ4v) is 3.03. The second-order valence-corrected chi connectivity index (χ2v) is 5.98. The summed E-state index contributed by atoms with van der Waals surface area (Å²) in [6.45, 7) is 1.51. The van der Waals surface area contributed by atoms with Crippen molar-refractivity contribution in [2.75, 3.05) is 43.8 Å². The highest BCUT2D eigenvalue weighted by molar-refractivity contribution is 8.15. The highest BCUT2D eigenvalue weighted by Crippen LogP contribution is 2.10. The maximum absolute atomic E-state index is 8.45. The van der Waals surface area contributed by atoms with Crippen molar-refractivity contribution in [3.63, 3.8) is 0 Å². The lowest BCUT2D eigenvalue weighted by molar-refractivity contribution is 0.931. The Hall–Kier alpha value is -1.78. The minimum atomic E-state index is 0.492. The molecular formula is C11H20N8S2. The molecule has 0 atom stereocenters. The van der Waals surface area contributed by atoms with Crippen LogP contribution in [-0.4, -0.2) is 55.7 Å². The van der Waals surface area contributed by atoms with Gasteiger partial charge in [0.15, 0.2) is 12.4 Å². The number of hydrogen-bond donors (Lipinski definition) is 4. The molecule has 0 spiro atoms. The molecule has 21 heavy (non-hydrogen) atoms. The molecule has 0 aliphatic carbocycles. The summed E-state index contributed by atoms with van der Waals surface area (Å²) in [6, 6.07) is 0. The lowest BCUT2D eigenvalue weighted by Crippen LogP contribution is -2.35. The van der Waals surface area contributed by atoms with Crippen LogP contribution in [0.1, 0.15) is 0 Å². The summed E-state index contributed by atoms with van der Waals surface area (Å²) in [5.74, 6) is 2.85. The minimum Gasteiger partial charge on any atom is -0.355 e. The van der Waals surface area contributed by atoms with Crippen molar-refractivity contribution in [1.82, 2.24) is 21.3 Å². The topological polar surface area (TPSA) is 120 Å². The number of hydrogen-bond acceptors (Lipinski definition) is 6. The lowest BCUT2D eigenvalue weighted by atomic mass is 10.7. The first kappa shape index (κ1) is 19.2. The third kappa shape index (κ3) is 11.7. The Kier molecular flexibility index (Phi) is 13.4. The van der Waals surface area contributed by atoms with E-state index in [9.17, 15) is 0 Å². The van der Waals surface area contributed by atoms with Gasteiger partial charge < -0.3 is 10.6 Å². The molecule has 0 unspecified atom stereocenters. The van der Waals surface area contributed by atoms with Crippen LogP contribution in [0.2, 0.25) is 0 Å². The number of nitrogens with zero attached hydrogens (tertiary/aromatic N) is 4. The zero-order valence-electron chi connectivity index (χ0n) is 12.1. The Bertz CT molecular complexity index is 371. The van der Waals surface area contributed by atoms with Crippen LogP contribution >= 0.6 is 23.5 Å². The molecule has 8 nitrogen and oxygen atoms in total. The Morgan fingerprint density at radius 1 is 0.905 bits per heavy atom. The predicted molar refractivity (Wildman–Crippen MR) is 90.0 cm³/mol. The molecule has 4 N–H and O–H groups in total.